The molecule has 0 radical (unpaired) electrons. The van der Waals surface area contributed by atoms with Gasteiger partial charge in [-0.05, 0) is 37.6 Å². The topological polar surface area (TPSA) is 16.1 Å². The number of pyridine rings is 1. The molecule has 0 aliphatic heterocycles. The number of hydrogen-bond acceptors (Lipinski definition) is 2. The predicted octanol–water partition coefficient (Wildman–Crippen LogP) is 3.05. The third-order valence-electron chi connectivity index (χ3n) is 2.55. The zero-order valence-electron chi connectivity index (χ0n) is 10.3. The van der Waals surface area contributed by atoms with Gasteiger partial charge in [-0.2, -0.15) is 0 Å². The minimum Gasteiger partial charge on any atom is -0.301 e. The summed E-state index contributed by atoms with van der Waals surface area (Å²) in [5.74, 6) is 0.569. The highest BCUT2D eigenvalue weighted by Crippen LogP contribution is 2.13. The minimum absolute atomic E-state index is 0.569. The number of nitrogens with zero attached hydrogens (tertiary/aromatic N) is 2. The van der Waals surface area contributed by atoms with Gasteiger partial charge >= 0.3 is 0 Å². The lowest BCUT2D eigenvalue weighted by Gasteiger charge is -2.15. The van der Waals surface area contributed by atoms with Gasteiger partial charge in [0.15, 0.2) is 0 Å². The summed E-state index contributed by atoms with van der Waals surface area (Å²) in [7, 11) is 2.14. The van der Waals surface area contributed by atoms with E-state index in [1.54, 1.807) is 0 Å². The van der Waals surface area contributed by atoms with Crippen LogP contribution in [0.4, 0.5) is 0 Å². The molecule has 0 aromatic carbocycles. The molecule has 0 aliphatic carbocycles. The first-order valence-corrected chi connectivity index (χ1v) is 5.76. The fraction of sp³-hybridized carbons (Fsp3) is 0.615. The van der Waals surface area contributed by atoms with Gasteiger partial charge in [0.1, 0.15) is 0 Å². The van der Waals surface area contributed by atoms with E-state index in [0.29, 0.717) is 5.92 Å². The Balaban J connectivity index is 2.56. The molecule has 1 heterocycles. The largest absolute Gasteiger partial charge is 0.301 e. The summed E-state index contributed by atoms with van der Waals surface area (Å²) < 4.78 is 0. The molecule has 1 aromatic rings. The van der Waals surface area contributed by atoms with E-state index in [9.17, 15) is 0 Å². The van der Waals surface area contributed by atoms with Crippen LogP contribution < -0.4 is 0 Å². The fourth-order valence-electron chi connectivity index (χ4n) is 1.61. The maximum absolute atomic E-state index is 4.48. The molecule has 0 saturated heterocycles. The molecule has 2 heteroatoms. The Labute approximate surface area is 93.3 Å². The van der Waals surface area contributed by atoms with Crippen LogP contribution in [0.3, 0.4) is 0 Å². The van der Waals surface area contributed by atoms with E-state index in [0.717, 1.165) is 18.8 Å². The highest BCUT2D eigenvalue weighted by Gasteiger charge is 2.02. The Hall–Kier alpha value is -0.890. The molecular weight excluding hydrogens is 184 g/mol. The van der Waals surface area contributed by atoms with Crippen LogP contribution in [0.2, 0.25) is 0 Å². The van der Waals surface area contributed by atoms with Gasteiger partial charge in [0.25, 0.3) is 0 Å². The van der Waals surface area contributed by atoms with Crippen molar-refractivity contribution in [1.29, 1.82) is 0 Å². The summed E-state index contributed by atoms with van der Waals surface area (Å²) in [6, 6.07) is 4.33. The van der Waals surface area contributed by atoms with Crippen LogP contribution in [0.1, 0.15) is 44.4 Å². The van der Waals surface area contributed by atoms with E-state index < -0.39 is 0 Å². The third-order valence-corrected chi connectivity index (χ3v) is 2.55. The Morgan fingerprint density at radius 1 is 1.33 bits per heavy atom. The summed E-state index contributed by atoms with van der Waals surface area (Å²) >= 11 is 0. The number of rotatable bonds is 5. The first kappa shape index (κ1) is 12.2. The zero-order valence-corrected chi connectivity index (χ0v) is 10.3. The molecule has 0 fully saturated rings. The first-order chi connectivity index (χ1) is 7.13. The summed E-state index contributed by atoms with van der Waals surface area (Å²) in [6.07, 6.45) is 3.19. The predicted molar refractivity (Wildman–Crippen MR) is 65.0 cm³/mol. The molecule has 0 unspecified atom stereocenters. The molecule has 2 nitrogen and oxygen atoms in total. The molecular formula is C13H22N2. The molecule has 0 N–H and O–H groups in total. The SMILES string of the molecule is CCCN(C)Cc1ccc(C(C)C)cn1. The molecule has 0 atom stereocenters. The normalized spacial score (nSPS) is 11.3. The van der Waals surface area contributed by atoms with Crippen molar-refractivity contribution in [3.8, 4) is 0 Å². The lowest BCUT2D eigenvalue weighted by atomic mass is 10.1. The Bertz CT molecular complexity index is 277. The number of aromatic nitrogens is 1. The van der Waals surface area contributed by atoms with E-state index >= 15 is 0 Å². The van der Waals surface area contributed by atoms with Crippen molar-refractivity contribution in [2.75, 3.05) is 13.6 Å². The van der Waals surface area contributed by atoms with Crippen LogP contribution in [0.15, 0.2) is 18.3 Å². The van der Waals surface area contributed by atoms with Gasteiger partial charge in [0, 0.05) is 12.7 Å². The summed E-state index contributed by atoms with van der Waals surface area (Å²) in [6.45, 7) is 8.67. The maximum Gasteiger partial charge on any atom is 0.0544 e. The van der Waals surface area contributed by atoms with Crippen molar-refractivity contribution in [3.63, 3.8) is 0 Å². The first-order valence-electron chi connectivity index (χ1n) is 5.76. The maximum atomic E-state index is 4.48. The molecule has 1 aromatic heterocycles. The van der Waals surface area contributed by atoms with E-state index in [1.807, 2.05) is 6.20 Å². The van der Waals surface area contributed by atoms with Gasteiger partial charge in [0.2, 0.25) is 0 Å². The van der Waals surface area contributed by atoms with E-state index in [1.165, 1.54) is 12.0 Å². The lowest BCUT2D eigenvalue weighted by molar-refractivity contribution is 0.323. The average Bonchev–Trinajstić information content (AvgIpc) is 2.18. The second-order valence-electron chi connectivity index (χ2n) is 4.48. The van der Waals surface area contributed by atoms with Crippen molar-refractivity contribution >= 4 is 0 Å². The van der Waals surface area contributed by atoms with Crippen LogP contribution in [-0.2, 0) is 6.54 Å². The van der Waals surface area contributed by atoms with Crippen LogP contribution in [0, 0.1) is 0 Å². The highest BCUT2D eigenvalue weighted by molar-refractivity contribution is 5.16. The molecule has 0 bridgehead atoms. The summed E-state index contributed by atoms with van der Waals surface area (Å²) in [4.78, 5) is 6.78. The van der Waals surface area contributed by atoms with Gasteiger partial charge < -0.3 is 4.90 Å². The second kappa shape index (κ2) is 5.86. The number of hydrogen-bond donors (Lipinski definition) is 0. The van der Waals surface area contributed by atoms with Gasteiger partial charge in [0.05, 0.1) is 5.69 Å². The Morgan fingerprint density at radius 2 is 2.07 bits per heavy atom. The summed E-state index contributed by atoms with van der Waals surface area (Å²) in [5, 5.41) is 0. The Morgan fingerprint density at radius 3 is 2.53 bits per heavy atom. The van der Waals surface area contributed by atoms with Crippen LogP contribution in [0.5, 0.6) is 0 Å². The van der Waals surface area contributed by atoms with E-state index in [2.05, 4.69) is 49.8 Å². The van der Waals surface area contributed by atoms with Crippen molar-refractivity contribution in [2.45, 2.75) is 39.7 Å². The lowest BCUT2D eigenvalue weighted by Crippen LogP contribution is -2.19. The zero-order chi connectivity index (χ0) is 11.3. The molecule has 0 saturated carbocycles. The van der Waals surface area contributed by atoms with E-state index in [4.69, 9.17) is 0 Å². The molecule has 0 spiro atoms. The average molecular weight is 206 g/mol. The third kappa shape index (κ3) is 4.00. The molecule has 0 amide bonds. The second-order valence-corrected chi connectivity index (χ2v) is 4.48. The quantitative estimate of drug-likeness (QED) is 0.736. The molecule has 15 heavy (non-hydrogen) atoms. The van der Waals surface area contributed by atoms with Crippen molar-refractivity contribution < 1.29 is 0 Å². The van der Waals surface area contributed by atoms with Crippen LogP contribution in [0.25, 0.3) is 0 Å². The van der Waals surface area contributed by atoms with Gasteiger partial charge in [-0.1, -0.05) is 26.8 Å². The van der Waals surface area contributed by atoms with Crippen LogP contribution in [-0.4, -0.2) is 23.5 Å². The fourth-order valence-corrected chi connectivity index (χ4v) is 1.61. The molecule has 84 valence electrons. The monoisotopic (exact) mass is 206 g/mol. The van der Waals surface area contributed by atoms with Crippen molar-refractivity contribution in [3.05, 3.63) is 29.6 Å². The van der Waals surface area contributed by atoms with Gasteiger partial charge in [-0.25, -0.2) is 0 Å². The smallest absolute Gasteiger partial charge is 0.0544 e. The van der Waals surface area contributed by atoms with Gasteiger partial charge in [-0.3, -0.25) is 4.98 Å². The standard InChI is InChI=1S/C13H22N2/c1-5-8-15(4)10-13-7-6-12(9-14-13)11(2)3/h6-7,9,11H,5,8,10H2,1-4H3. The summed E-state index contributed by atoms with van der Waals surface area (Å²) in [5.41, 5.74) is 2.48. The van der Waals surface area contributed by atoms with Crippen LogP contribution >= 0.6 is 0 Å². The minimum atomic E-state index is 0.569. The van der Waals surface area contributed by atoms with Crippen molar-refractivity contribution in [1.82, 2.24) is 9.88 Å². The highest BCUT2D eigenvalue weighted by atomic mass is 15.1. The molecule has 1 rings (SSSR count). The van der Waals surface area contributed by atoms with E-state index in [-0.39, 0.29) is 0 Å². The Kier molecular flexibility index (Phi) is 4.76. The van der Waals surface area contributed by atoms with Crippen molar-refractivity contribution in [2.24, 2.45) is 0 Å². The van der Waals surface area contributed by atoms with Gasteiger partial charge in [-0.15, -0.1) is 0 Å². The molecule has 0 aliphatic rings.